The minimum atomic E-state index is -1.00. The van der Waals surface area contributed by atoms with Crippen LogP contribution in [0.1, 0.15) is 28.7 Å². The molecular weight excluding hydrogens is 476 g/mol. The van der Waals surface area contributed by atoms with E-state index in [0.717, 1.165) is 45.3 Å². The summed E-state index contributed by atoms with van der Waals surface area (Å²) in [7, 11) is 0. The van der Waals surface area contributed by atoms with Crippen molar-refractivity contribution in [2.45, 2.75) is 39.4 Å². The highest BCUT2D eigenvalue weighted by Crippen LogP contribution is 2.31. The number of aliphatic carboxylic acids is 1. The number of carbonyl (C=O) groups is 1. The van der Waals surface area contributed by atoms with E-state index in [1.807, 2.05) is 111 Å². The standard InChI is InChI=1S/C32H34N2O4/c1-23-11-3-7-15-28(23)37-30-17-9-5-13-25(30)21-34(20-19-27(33)32(35)36)22-26-14-6-10-18-31(26)38-29-16-8-4-12-24(29)2/h3-18,27H,19-22,33H2,1-2H3,(H,35,36)/t27-/m0/s1. The lowest BCUT2D eigenvalue weighted by Gasteiger charge is -2.25. The van der Waals surface area contributed by atoms with Crippen molar-refractivity contribution in [3.05, 3.63) is 119 Å². The number of benzene rings is 4. The number of hydrogen-bond donors (Lipinski definition) is 2. The third kappa shape index (κ3) is 7.22. The first-order valence-electron chi connectivity index (χ1n) is 12.7. The molecule has 4 aromatic rings. The number of carboxylic acid groups (broad SMARTS) is 1. The van der Waals surface area contributed by atoms with Gasteiger partial charge in [-0.2, -0.15) is 0 Å². The molecule has 0 heterocycles. The van der Waals surface area contributed by atoms with E-state index in [0.29, 0.717) is 26.1 Å². The van der Waals surface area contributed by atoms with Crippen LogP contribution in [0.2, 0.25) is 0 Å². The van der Waals surface area contributed by atoms with Crippen LogP contribution in [0.5, 0.6) is 23.0 Å². The van der Waals surface area contributed by atoms with Gasteiger partial charge in [0.25, 0.3) is 0 Å². The Hall–Kier alpha value is -4.13. The van der Waals surface area contributed by atoms with Crippen molar-refractivity contribution in [3.63, 3.8) is 0 Å². The molecule has 0 bridgehead atoms. The Bertz CT molecular complexity index is 1280. The molecule has 3 N–H and O–H groups in total. The number of hydrogen-bond acceptors (Lipinski definition) is 5. The summed E-state index contributed by atoms with van der Waals surface area (Å²) in [5.74, 6) is 2.13. The SMILES string of the molecule is Cc1ccccc1Oc1ccccc1CN(CC[C@H](N)C(=O)O)Cc1ccccc1Oc1ccccc1C. The average molecular weight is 511 g/mol. The Morgan fingerprint density at radius 3 is 1.53 bits per heavy atom. The van der Waals surface area contributed by atoms with Gasteiger partial charge in [-0.3, -0.25) is 9.69 Å². The number of nitrogens with two attached hydrogens (primary N) is 1. The molecule has 1 atom stereocenters. The Morgan fingerprint density at radius 1 is 0.711 bits per heavy atom. The second-order valence-electron chi connectivity index (χ2n) is 9.39. The van der Waals surface area contributed by atoms with Crippen LogP contribution in [0, 0.1) is 13.8 Å². The molecule has 0 aliphatic rings. The fraction of sp³-hybridized carbons (Fsp3) is 0.219. The molecule has 0 aliphatic heterocycles. The zero-order valence-electron chi connectivity index (χ0n) is 21.8. The highest BCUT2D eigenvalue weighted by molar-refractivity contribution is 5.73. The van der Waals surface area contributed by atoms with Gasteiger partial charge in [-0.25, -0.2) is 0 Å². The first kappa shape index (κ1) is 26.9. The van der Waals surface area contributed by atoms with Crippen LogP contribution < -0.4 is 15.2 Å². The molecule has 0 radical (unpaired) electrons. The average Bonchev–Trinajstić information content (AvgIpc) is 2.91. The summed E-state index contributed by atoms with van der Waals surface area (Å²) in [5.41, 5.74) is 9.97. The Balaban J connectivity index is 1.59. The van der Waals surface area contributed by atoms with Crippen molar-refractivity contribution >= 4 is 5.97 Å². The van der Waals surface area contributed by atoms with Gasteiger partial charge in [-0.05, 0) is 55.7 Å². The van der Waals surface area contributed by atoms with Gasteiger partial charge >= 0.3 is 5.97 Å². The largest absolute Gasteiger partial charge is 0.480 e. The van der Waals surface area contributed by atoms with E-state index in [9.17, 15) is 9.90 Å². The monoisotopic (exact) mass is 510 g/mol. The van der Waals surface area contributed by atoms with Crippen LogP contribution in [0.25, 0.3) is 0 Å². The van der Waals surface area contributed by atoms with Gasteiger partial charge in [-0.15, -0.1) is 0 Å². The molecule has 0 unspecified atom stereocenters. The topological polar surface area (TPSA) is 85.0 Å². The number of para-hydroxylation sites is 4. The molecule has 0 saturated heterocycles. The zero-order chi connectivity index (χ0) is 26.9. The predicted molar refractivity (Wildman–Crippen MR) is 150 cm³/mol. The fourth-order valence-corrected chi connectivity index (χ4v) is 4.19. The first-order valence-corrected chi connectivity index (χ1v) is 12.7. The predicted octanol–water partition coefficient (Wildman–Crippen LogP) is 6.69. The van der Waals surface area contributed by atoms with Crippen LogP contribution in [0.4, 0.5) is 0 Å². The van der Waals surface area contributed by atoms with E-state index in [4.69, 9.17) is 15.2 Å². The number of rotatable bonds is 12. The van der Waals surface area contributed by atoms with Gasteiger partial charge in [-0.1, -0.05) is 72.8 Å². The Labute approximate surface area is 224 Å². The van der Waals surface area contributed by atoms with E-state index in [1.54, 1.807) is 0 Å². The quantitative estimate of drug-likeness (QED) is 0.221. The number of nitrogens with zero attached hydrogens (tertiary/aromatic N) is 1. The van der Waals surface area contributed by atoms with E-state index in [-0.39, 0.29) is 0 Å². The van der Waals surface area contributed by atoms with Crippen molar-refractivity contribution in [2.75, 3.05) is 6.54 Å². The molecule has 196 valence electrons. The van der Waals surface area contributed by atoms with Crippen LogP contribution in [-0.2, 0) is 17.9 Å². The summed E-state index contributed by atoms with van der Waals surface area (Å²) in [6, 6.07) is 30.7. The van der Waals surface area contributed by atoms with Crippen LogP contribution in [0.15, 0.2) is 97.1 Å². The third-order valence-electron chi connectivity index (χ3n) is 6.43. The van der Waals surface area contributed by atoms with Crippen molar-refractivity contribution in [2.24, 2.45) is 5.73 Å². The fourth-order valence-electron chi connectivity index (χ4n) is 4.19. The smallest absolute Gasteiger partial charge is 0.320 e. The van der Waals surface area contributed by atoms with Crippen LogP contribution in [0.3, 0.4) is 0 Å². The Morgan fingerprint density at radius 2 is 1.11 bits per heavy atom. The summed E-state index contributed by atoms with van der Waals surface area (Å²) in [6.45, 7) is 5.62. The highest BCUT2D eigenvalue weighted by Gasteiger charge is 2.18. The van der Waals surface area contributed by atoms with E-state index >= 15 is 0 Å². The maximum atomic E-state index is 11.4. The second kappa shape index (κ2) is 12.9. The Kier molecular flexibility index (Phi) is 9.14. The summed E-state index contributed by atoms with van der Waals surface area (Å²) >= 11 is 0. The van der Waals surface area contributed by atoms with Gasteiger partial charge in [0.05, 0.1) is 0 Å². The molecule has 6 nitrogen and oxygen atoms in total. The minimum Gasteiger partial charge on any atom is -0.480 e. The lowest BCUT2D eigenvalue weighted by Crippen LogP contribution is -2.35. The van der Waals surface area contributed by atoms with Crippen LogP contribution >= 0.6 is 0 Å². The van der Waals surface area contributed by atoms with E-state index < -0.39 is 12.0 Å². The van der Waals surface area contributed by atoms with Gasteiger partial charge in [0.1, 0.15) is 29.0 Å². The van der Waals surface area contributed by atoms with Gasteiger partial charge < -0.3 is 20.3 Å². The van der Waals surface area contributed by atoms with Crippen molar-refractivity contribution in [1.82, 2.24) is 4.90 Å². The lowest BCUT2D eigenvalue weighted by molar-refractivity contribution is -0.138. The molecule has 0 saturated carbocycles. The molecule has 0 spiro atoms. The number of ether oxygens (including phenoxy) is 2. The summed E-state index contributed by atoms with van der Waals surface area (Å²) in [5, 5.41) is 9.36. The summed E-state index contributed by atoms with van der Waals surface area (Å²) in [4.78, 5) is 13.6. The van der Waals surface area contributed by atoms with Gasteiger partial charge in [0.15, 0.2) is 0 Å². The van der Waals surface area contributed by atoms with Gasteiger partial charge in [0, 0.05) is 30.8 Å². The van der Waals surface area contributed by atoms with E-state index in [2.05, 4.69) is 4.90 Å². The third-order valence-corrected chi connectivity index (χ3v) is 6.43. The number of carboxylic acids is 1. The second-order valence-corrected chi connectivity index (χ2v) is 9.39. The number of aryl methyl sites for hydroxylation is 2. The molecule has 4 rings (SSSR count). The van der Waals surface area contributed by atoms with E-state index in [1.165, 1.54) is 0 Å². The van der Waals surface area contributed by atoms with Crippen molar-refractivity contribution in [3.8, 4) is 23.0 Å². The molecule has 0 fully saturated rings. The minimum absolute atomic E-state index is 0.316. The molecule has 0 amide bonds. The van der Waals surface area contributed by atoms with Gasteiger partial charge in [0.2, 0.25) is 0 Å². The zero-order valence-corrected chi connectivity index (χ0v) is 21.8. The van der Waals surface area contributed by atoms with Crippen molar-refractivity contribution < 1.29 is 19.4 Å². The molecule has 6 heteroatoms. The molecule has 0 aromatic heterocycles. The molecule has 0 aliphatic carbocycles. The molecule has 38 heavy (non-hydrogen) atoms. The van der Waals surface area contributed by atoms with Crippen LogP contribution in [-0.4, -0.2) is 28.6 Å². The first-order chi connectivity index (χ1) is 18.4. The lowest BCUT2D eigenvalue weighted by atomic mass is 10.1. The molecular formula is C32H34N2O4. The molecule has 4 aromatic carbocycles. The summed E-state index contributed by atoms with van der Waals surface area (Å²) < 4.78 is 12.6. The normalized spacial score (nSPS) is 11.8. The maximum Gasteiger partial charge on any atom is 0.320 e. The van der Waals surface area contributed by atoms with Crippen molar-refractivity contribution in [1.29, 1.82) is 0 Å². The maximum absolute atomic E-state index is 11.4. The summed E-state index contributed by atoms with van der Waals surface area (Å²) in [6.07, 6.45) is 0.316. The highest BCUT2D eigenvalue weighted by atomic mass is 16.5.